The molecule has 194 valence electrons. The number of aliphatic hydroxyl groups is 1. The molecule has 10 nitrogen and oxygen atoms in total. The Bertz CT molecular complexity index is 1500. The highest BCUT2D eigenvalue weighted by Gasteiger charge is 2.49. The fourth-order valence-corrected chi connectivity index (χ4v) is 4.41. The van der Waals surface area contributed by atoms with Gasteiger partial charge in [0, 0.05) is 23.9 Å². The van der Waals surface area contributed by atoms with E-state index in [1.165, 1.54) is 19.1 Å². The van der Waals surface area contributed by atoms with E-state index in [4.69, 9.17) is 14.2 Å². The van der Waals surface area contributed by atoms with Crippen LogP contribution in [0.25, 0.3) is 16.8 Å². The molecule has 1 aliphatic heterocycles. The Hall–Kier alpha value is -4.86. The zero-order chi connectivity index (χ0) is 26.8. The van der Waals surface area contributed by atoms with Gasteiger partial charge in [-0.05, 0) is 30.7 Å². The average molecular weight is 515 g/mol. The summed E-state index contributed by atoms with van der Waals surface area (Å²) < 4.78 is 16.4. The SMILES string of the molecule is CCCOc1cccc(/C(O)=C2\C(=O)C(=O)N(c3nc4cc(OC)c(OC)cc4[nH]3)C2c2ccccn2)c1. The average Bonchev–Trinajstić information content (AvgIpc) is 3.48. The molecule has 2 aromatic heterocycles. The smallest absolute Gasteiger partial charge is 0.302 e. The number of imidazole rings is 1. The monoisotopic (exact) mass is 514 g/mol. The number of carbonyl (C=O) groups is 2. The Kier molecular flexibility index (Phi) is 6.69. The molecule has 5 rings (SSSR count). The number of benzene rings is 2. The molecule has 2 N–H and O–H groups in total. The molecule has 0 spiro atoms. The second-order valence-corrected chi connectivity index (χ2v) is 8.58. The molecule has 1 amide bonds. The van der Waals surface area contributed by atoms with Gasteiger partial charge in [-0.2, -0.15) is 0 Å². The van der Waals surface area contributed by atoms with Crippen molar-refractivity contribution in [2.45, 2.75) is 19.4 Å². The van der Waals surface area contributed by atoms with Crippen LogP contribution in [0.5, 0.6) is 17.2 Å². The highest BCUT2D eigenvalue weighted by molar-refractivity contribution is 6.51. The van der Waals surface area contributed by atoms with Gasteiger partial charge in [0.15, 0.2) is 11.5 Å². The minimum absolute atomic E-state index is 0.100. The van der Waals surface area contributed by atoms with Gasteiger partial charge in [0.05, 0.1) is 43.1 Å². The molecule has 4 aromatic rings. The molecule has 1 atom stereocenters. The molecule has 0 bridgehead atoms. The molecule has 10 heteroatoms. The van der Waals surface area contributed by atoms with Crippen LogP contribution in [-0.4, -0.2) is 52.6 Å². The Morgan fingerprint density at radius 1 is 1.05 bits per heavy atom. The third kappa shape index (κ3) is 4.30. The number of amides is 1. The first kappa shape index (κ1) is 24.8. The summed E-state index contributed by atoms with van der Waals surface area (Å²) in [6.07, 6.45) is 2.37. The number of Topliss-reactive ketones (excluding diaryl/α,β-unsaturated/α-hetero) is 1. The number of aromatic nitrogens is 3. The molecule has 38 heavy (non-hydrogen) atoms. The lowest BCUT2D eigenvalue weighted by molar-refractivity contribution is -0.132. The summed E-state index contributed by atoms with van der Waals surface area (Å²) in [5, 5.41) is 11.4. The van der Waals surface area contributed by atoms with Crippen molar-refractivity contribution in [3.05, 3.63) is 77.6 Å². The lowest BCUT2D eigenvalue weighted by Crippen LogP contribution is -2.30. The second-order valence-electron chi connectivity index (χ2n) is 8.58. The Morgan fingerprint density at radius 3 is 2.55 bits per heavy atom. The van der Waals surface area contributed by atoms with E-state index in [0.29, 0.717) is 46.1 Å². The first-order chi connectivity index (χ1) is 18.5. The number of aliphatic hydroxyl groups excluding tert-OH is 1. The van der Waals surface area contributed by atoms with E-state index in [0.717, 1.165) is 6.42 Å². The number of ketones is 1. The van der Waals surface area contributed by atoms with Gasteiger partial charge in [0.2, 0.25) is 5.95 Å². The molecule has 1 fully saturated rings. The number of rotatable bonds is 8. The molecule has 3 heterocycles. The number of fused-ring (bicyclic) bond motifs is 1. The molecule has 1 aliphatic rings. The van der Waals surface area contributed by atoms with Crippen LogP contribution in [-0.2, 0) is 9.59 Å². The third-order valence-corrected chi connectivity index (χ3v) is 6.20. The summed E-state index contributed by atoms with van der Waals surface area (Å²) in [4.78, 5) is 40.1. The fourth-order valence-electron chi connectivity index (χ4n) is 4.41. The van der Waals surface area contributed by atoms with Crippen LogP contribution in [0.4, 0.5) is 5.95 Å². The van der Waals surface area contributed by atoms with E-state index in [1.54, 1.807) is 60.8 Å². The quantitative estimate of drug-likeness (QED) is 0.201. The number of carbonyl (C=O) groups excluding carboxylic acids is 2. The fraction of sp³-hybridized carbons (Fsp3) is 0.214. The number of aromatic amines is 1. The zero-order valence-corrected chi connectivity index (χ0v) is 21.1. The Labute approximate surface area is 218 Å². The van der Waals surface area contributed by atoms with Gasteiger partial charge in [0.25, 0.3) is 5.78 Å². The van der Waals surface area contributed by atoms with E-state index >= 15 is 0 Å². The first-order valence-corrected chi connectivity index (χ1v) is 12.0. The largest absolute Gasteiger partial charge is 0.507 e. The molecule has 0 aliphatic carbocycles. The van der Waals surface area contributed by atoms with Crippen LogP contribution in [0.2, 0.25) is 0 Å². The van der Waals surface area contributed by atoms with Crippen molar-refractivity contribution in [1.82, 2.24) is 15.0 Å². The van der Waals surface area contributed by atoms with Crippen molar-refractivity contribution >= 4 is 34.4 Å². The summed E-state index contributed by atoms with van der Waals surface area (Å²) in [5.41, 5.74) is 1.70. The summed E-state index contributed by atoms with van der Waals surface area (Å²) in [6, 6.07) is 14.3. The van der Waals surface area contributed by atoms with Gasteiger partial charge in [-0.1, -0.05) is 25.1 Å². The third-order valence-electron chi connectivity index (χ3n) is 6.20. The van der Waals surface area contributed by atoms with Crippen molar-refractivity contribution in [1.29, 1.82) is 0 Å². The van der Waals surface area contributed by atoms with Crippen molar-refractivity contribution in [2.24, 2.45) is 0 Å². The maximum absolute atomic E-state index is 13.4. The molecule has 1 unspecified atom stereocenters. The number of H-pyrrole nitrogens is 1. The van der Waals surface area contributed by atoms with E-state index < -0.39 is 17.7 Å². The summed E-state index contributed by atoms with van der Waals surface area (Å²) in [5.74, 6) is -0.433. The van der Waals surface area contributed by atoms with E-state index in [9.17, 15) is 14.7 Å². The van der Waals surface area contributed by atoms with Gasteiger partial charge in [-0.25, -0.2) is 4.98 Å². The van der Waals surface area contributed by atoms with Crippen LogP contribution < -0.4 is 19.1 Å². The van der Waals surface area contributed by atoms with Gasteiger partial charge in [-0.15, -0.1) is 0 Å². The predicted octanol–water partition coefficient (Wildman–Crippen LogP) is 4.39. The minimum atomic E-state index is -1.03. The van der Waals surface area contributed by atoms with Crippen LogP contribution in [0, 0.1) is 0 Å². The number of ether oxygens (including phenoxy) is 3. The normalized spacial score (nSPS) is 16.7. The van der Waals surface area contributed by atoms with Crippen molar-refractivity contribution in [3.8, 4) is 17.2 Å². The van der Waals surface area contributed by atoms with E-state index in [-0.39, 0.29) is 17.3 Å². The topological polar surface area (TPSA) is 127 Å². The number of nitrogens with zero attached hydrogens (tertiary/aromatic N) is 3. The minimum Gasteiger partial charge on any atom is -0.507 e. The van der Waals surface area contributed by atoms with E-state index in [1.807, 2.05) is 6.92 Å². The Balaban J connectivity index is 1.67. The van der Waals surface area contributed by atoms with Gasteiger partial charge in [-0.3, -0.25) is 19.5 Å². The van der Waals surface area contributed by atoms with Crippen molar-refractivity contribution in [3.63, 3.8) is 0 Å². The summed E-state index contributed by atoms with van der Waals surface area (Å²) >= 11 is 0. The number of methoxy groups -OCH3 is 2. The molecule has 0 radical (unpaired) electrons. The molecular weight excluding hydrogens is 488 g/mol. The van der Waals surface area contributed by atoms with Crippen molar-refractivity contribution in [2.75, 3.05) is 25.7 Å². The van der Waals surface area contributed by atoms with Crippen LogP contribution in [0.15, 0.2) is 66.4 Å². The first-order valence-electron chi connectivity index (χ1n) is 12.0. The molecule has 0 saturated carbocycles. The Morgan fingerprint density at radius 2 is 1.84 bits per heavy atom. The van der Waals surface area contributed by atoms with Crippen LogP contribution in [0.1, 0.15) is 30.6 Å². The lowest BCUT2D eigenvalue weighted by Gasteiger charge is -2.22. The number of pyridine rings is 1. The number of hydrogen-bond donors (Lipinski definition) is 2. The zero-order valence-electron chi connectivity index (χ0n) is 21.1. The highest BCUT2D eigenvalue weighted by atomic mass is 16.5. The highest BCUT2D eigenvalue weighted by Crippen LogP contribution is 2.42. The molecule has 2 aromatic carbocycles. The molecule has 1 saturated heterocycles. The van der Waals surface area contributed by atoms with Crippen LogP contribution in [0.3, 0.4) is 0 Å². The number of anilines is 1. The van der Waals surface area contributed by atoms with Gasteiger partial charge in [0.1, 0.15) is 17.6 Å². The van der Waals surface area contributed by atoms with Crippen LogP contribution >= 0.6 is 0 Å². The molecular formula is C28H26N4O6. The maximum atomic E-state index is 13.4. The van der Waals surface area contributed by atoms with Crippen molar-refractivity contribution < 1.29 is 28.9 Å². The standard InChI is InChI=1S/C28H26N4O6/c1-4-12-38-17-9-7-8-16(13-17)25(33)23-24(18-10-5-6-11-29-18)32(27(35)26(23)34)28-30-19-14-21(36-2)22(37-3)15-20(19)31-28/h5-11,13-15,24,33H,4,12H2,1-3H3,(H,30,31)/b25-23+. The number of nitrogens with one attached hydrogen (secondary N) is 1. The predicted molar refractivity (Wildman–Crippen MR) is 140 cm³/mol. The van der Waals surface area contributed by atoms with Gasteiger partial charge >= 0.3 is 5.91 Å². The second kappa shape index (κ2) is 10.3. The number of hydrogen-bond acceptors (Lipinski definition) is 8. The lowest BCUT2D eigenvalue weighted by atomic mass is 9.98. The van der Waals surface area contributed by atoms with E-state index in [2.05, 4.69) is 15.0 Å². The summed E-state index contributed by atoms with van der Waals surface area (Å²) in [6.45, 7) is 2.49. The van der Waals surface area contributed by atoms with Gasteiger partial charge < -0.3 is 24.3 Å². The summed E-state index contributed by atoms with van der Waals surface area (Å²) in [7, 11) is 3.03. The maximum Gasteiger partial charge on any atom is 0.302 e.